The number of ether oxygens (including phenoxy) is 2. The molecule has 1 aromatic carbocycles. The Morgan fingerprint density at radius 1 is 1.46 bits per heavy atom. The van der Waals surface area contributed by atoms with E-state index in [1.165, 1.54) is 4.68 Å². The molecule has 1 saturated heterocycles. The highest BCUT2D eigenvalue weighted by Crippen LogP contribution is 2.25. The van der Waals surface area contributed by atoms with Crippen LogP contribution in [0.5, 0.6) is 5.75 Å². The molecule has 2 heterocycles. The van der Waals surface area contributed by atoms with Crippen molar-refractivity contribution in [2.75, 3.05) is 27.4 Å². The zero-order chi connectivity index (χ0) is 18.7. The van der Waals surface area contributed by atoms with Gasteiger partial charge in [0.05, 0.1) is 38.0 Å². The van der Waals surface area contributed by atoms with Crippen LogP contribution in [0.1, 0.15) is 30.1 Å². The number of benzene rings is 1. The SMILES string of the molecule is COc1ccccc1CN(C)C(=O)C(C)n1cc([C@@H]2COC[C@H]2O)nn1. The topological polar surface area (TPSA) is 89.7 Å². The molecule has 1 amide bonds. The largest absolute Gasteiger partial charge is 0.496 e. The van der Waals surface area contributed by atoms with E-state index >= 15 is 0 Å². The summed E-state index contributed by atoms with van der Waals surface area (Å²) < 4.78 is 12.1. The predicted octanol–water partition coefficient (Wildman–Crippen LogP) is 0.981. The number of amides is 1. The molecule has 8 nitrogen and oxygen atoms in total. The molecule has 1 fully saturated rings. The molecular weight excluding hydrogens is 336 g/mol. The van der Waals surface area contributed by atoms with Crippen LogP contribution < -0.4 is 4.74 Å². The van der Waals surface area contributed by atoms with Gasteiger partial charge in [-0.3, -0.25) is 4.79 Å². The Kier molecular flexibility index (Phi) is 5.53. The maximum Gasteiger partial charge on any atom is 0.247 e. The van der Waals surface area contributed by atoms with Crippen LogP contribution >= 0.6 is 0 Å². The summed E-state index contributed by atoms with van der Waals surface area (Å²) in [6, 6.07) is 7.11. The zero-order valence-corrected chi connectivity index (χ0v) is 15.2. The molecule has 1 aliphatic heterocycles. The molecule has 1 N–H and O–H groups in total. The molecule has 0 radical (unpaired) electrons. The van der Waals surface area contributed by atoms with Crippen molar-refractivity contribution < 1.29 is 19.4 Å². The van der Waals surface area contributed by atoms with Crippen molar-refractivity contribution in [3.63, 3.8) is 0 Å². The summed E-state index contributed by atoms with van der Waals surface area (Å²) in [4.78, 5) is 14.4. The number of aliphatic hydroxyl groups is 1. The van der Waals surface area contributed by atoms with Crippen molar-refractivity contribution in [2.45, 2.75) is 31.5 Å². The minimum absolute atomic E-state index is 0.0874. The van der Waals surface area contributed by atoms with Crippen molar-refractivity contribution in [1.82, 2.24) is 19.9 Å². The smallest absolute Gasteiger partial charge is 0.247 e. The van der Waals surface area contributed by atoms with Gasteiger partial charge in [-0.25, -0.2) is 4.68 Å². The van der Waals surface area contributed by atoms with Gasteiger partial charge in [-0.1, -0.05) is 23.4 Å². The first-order valence-electron chi connectivity index (χ1n) is 8.55. The number of hydrogen-bond donors (Lipinski definition) is 1. The third kappa shape index (κ3) is 3.71. The van der Waals surface area contributed by atoms with E-state index in [4.69, 9.17) is 9.47 Å². The molecule has 8 heteroatoms. The molecule has 2 aromatic rings. The lowest BCUT2D eigenvalue weighted by Gasteiger charge is -2.22. The minimum Gasteiger partial charge on any atom is -0.496 e. The second-order valence-corrected chi connectivity index (χ2v) is 6.52. The van der Waals surface area contributed by atoms with E-state index in [2.05, 4.69) is 10.3 Å². The first-order valence-corrected chi connectivity index (χ1v) is 8.55. The fourth-order valence-corrected chi connectivity index (χ4v) is 3.07. The number of aliphatic hydroxyl groups excluding tert-OH is 1. The number of likely N-dealkylation sites (N-methyl/N-ethyl adjacent to an activating group) is 1. The van der Waals surface area contributed by atoms with Crippen molar-refractivity contribution in [3.05, 3.63) is 41.7 Å². The molecule has 1 aromatic heterocycles. The highest BCUT2D eigenvalue weighted by atomic mass is 16.5. The molecule has 140 valence electrons. The Bertz CT molecular complexity index is 763. The van der Waals surface area contributed by atoms with Gasteiger partial charge in [-0.2, -0.15) is 0 Å². The van der Waals surface area contributed by atoms with Crippen LogP contribution in [0.2, 0.25) is 0 Å². The Balaban J connectivity index is 1.68. The van der Waals surface area contributed by atoms with Gasteiger partial charge in [-0.15, -0.1) is 5.10 Å². The van der Waals surface area contributed by atoms with Crippen LogP contribution in [0, 0.1) is 0 Å². The van der Waals surface area contributed by atoms with Gasteiger partial charge in [0.25, 0.3) is 0 Å². The van der Waals surface area contributed by atoms with Crippen molar-refractivity contribution in [3.8, 4) is 5.75 Å². The fraction of sp³-hybridized carbons (Fsp3) is 0.500. The number of para-hydroxylation sites is 1. The standard InChI is InChI=1S/C18H24N4O4/c1-12(22-9-15(19-20-22)14-10-26-11-16(14)23)18(24)21(2)8-13-6-4-5-7-17(13)25-3/h4-7,9,12,14,16,23H,8,10-11H2,1-3H3/t12?,14-,16+/m0/s1. The molecule has 0 aliphatic carbocycles. The van der Waals surface area contributed by atoms with E-state index in [0.29, 0.717) is 25.5 Å². The van der Waals surface area contributed by atoms with Crippen LogP contribution in [-0.4, -0.2) is 64.4 Å². The number of methoxy groups -OCH3 is 1. The average molecular weight is 360 g/mol. The van der Waals surface area contributed by atoms with Crippen LogP contribution in [0.3, 0.4) is 0 Å². The molecule has 1 unspecified atom stereocenters. The van der Waals surface area contributed by atoms with Crippen LogP contribution in [0.25, 0.3) is 0 Å². The third-order valence-electron chi connectivity index (χ3n) is 4.69. The summed E-state index contributed by atoms with van der Waals surface area (Å²) in [5.41, 5.74) is 1.57. The maximum absolute atomic E-state index is 12.8. The zero-order valence-electron chi connectivity index (χ0n) is 15.2. The monoisotopic (exact) mass is 360 g/mol. The summed E-state index contributed by atoms with van der Waals surface area (Å²) in [7, 11) is 3.36. The summed E-state index contributed by atoms with van der Waals surface area (Å²) in [6.07, 6.45) is 1.13. The molecule has 3 atom stereocenters. The molecule has 0 bridgehead atoms. The lowest BCUT2D eigenvalue weighted by Crippen LogP contribution is -2.33. The van der Waals surface area contributed by atoms with Crippen molar-refractivity contribution in [1.29, 1.82) is 0 Å². The summed E-state index contributed by atoms with van der Waals surface area (Å²) in [5, 5.41) is 18.1. The van der Waals surface area contributed by atoms with Crippen LogP contribution in [0.15, 0.2) is 30.5 Å². The summed E-state index contributed by atoms with van der Waals surface area (Å²) in [6.45, 7) is 2.93. The highest BCUT2D eigenvalue weighted by molar-refractivity contribution is 5.79. The van der Waals surface area contributed by atoms with Gasteiger partial charge < -0.3 is 19.5 Å². The number of hydrogen-bond acceptors (Lipinski definition) is 6. The van der Waals surface area contributed by atoms with E-state index < -0.39 is 12.1 Å². The fourth-order valence-electron chi connectivity index (χ4n) is 3.07. The second-order valence-electron chi connectivity index (χ2n) is 6.52. The number of nitrogens with zero attached hydrogens (tertiary/aromatic N) is 4. The average Bonchev–Trinajstić information content (AvgIpc) is 3.29. The molecule has 26 heavy (non-hydrogen) atoms. The lowest BCUT2D eigenvalue weighted by atomic mass is 10.0. The summed E-state index contributed by atoms with van der Waals surface area (Å²) >= 11 is 0. The van der Waals surface area contributed by atoms with E-state index in [9.17, 15) is 9.90 Å². The Morgan fingerprint density at radius 2 is 2.23 bits per heavy atom. The van der Waals surface area contributed by atoms with Gasteiger partial charge >= 0.3 is 0 Å². The molecule has 3 rings (SSSR count). The van der Waals surface area contributed by atoms with E-state index in [1.807, 2.05) is 24.3 Å². The van der Waals surface area contributed by atoms with Gasteiger partial charge in [0.2, 0.25) is 5.91 Å². The minimum atomic E-state index is -0.584. The van der Waals surface area contributed by atoms with Crippen molar-refractivity contribution in [2.24, 2.45) is 0 Å². The maximum atomic E-state index is 12.8. The second kappa shape index (κ2) is 7.84. The molecule has 0 spiro atoms. The molecule has 0 saturated carbocycles. The van der Waals surface area contributed by atoms with Crippen LogP contribution in [0.4, 0.5) is 0 Å². The van der Waals surface area contributed by atoms with E-state index in [-0.39, 0.29) is 11.8 Å². The van der Waals surface area contributed by atoms with Gasteiger partial charge in [0.15, 0.2) is 0 Å². The van der Waals surface area contributed by atoms with Gasteiger partial charge in [0.1, 0.15) is 11.8 Å². The Morgan fingerprint density at radius 3 is 2.92 bits per heavy atom. The normalized spacial score (nSPS) is 20.8. The lowest BCUT2D eigenvalue weighted by molar-refractivity contribution is -0.133. The van der Waals surface area contributed by atoms with Gasteiger partial charge in [-0.05, 0) is 13.0 Å². The Labute approximate surface area is 152 Å². The number of carbonyl (C=O) groups is 1. The number of rotatable bonds is 6. The van der Waals surface area contributed by atoms with E-state index in [1.54, 1.807) is 32.2 Å². The van der Waals surface area contributed by atoms with Gasteiger partial charge in [0, 0.05) is 25.4 Å². The highest BCUT2D eigenvalue weighted by Gasteiger charge is 2.31. The molecule has 1 aliphatic rings. The quantitative estimate of drug-likeness (QED) is 0.826. The van der Waals surface area contributed by atoms with Crippen molar-refractivity contribution >= 4 is 5.91 Å². The number of carbonyl (C=O) groups excluding carboxylic acids is 1. The summed E-state index contributed by atoms with van der Waals surface area (Å²) in [5.74, 6) is 0.464. The Hall–Kier alpha value is -2.45. The number of aromatic nitrogens is 3. The molecular formula is C18H24N4O4. The van der Waals surface area contributed by atoms with E-state index in [0.717, 1.165) is 11.3 Å². The first kappa shape index (κ1) is 18.3. The first-order chi connectivity index (χ1) is 12.5. The third-order valence-corrected chi connectivity index (χ3v) is 4.69. The van der Waals surface area contributed by atoms with Crippen LogP contribution in [-0.2, 0) is 16.1 Å². The predicted molar refractivity (Wildman–Crippen MR) is 93.8 cm³/mol.